The monoisotopic (exact) mass is 332 g/mol. The van der Waals surface area contributed by atoms with Crippen molar-refractivity contribution in [2.75, 3.05) is 18.0 Å². The highest BCUT2D eigenvalue weighted by atomic mass is 79.9. The molecular weight excluding hydrogens is 316 g/mol. The van der Waals surface area contributed by atoms with Crippen LogP contribution in [0.25, 0.3) is 0 Å². The summed E-state index contributed by atoms with van der Waals surface area (Å²) in [5.41, 5.74) is 2.41. The van der Waals surface area contributed by atoms with Crippen LogP contribution in [0, 0.1) is 0 Å². The van der Waals surface area contributed by atoms with Crippen LogP contribution in [0.3, 0.4) is 0 Å². The van der Waals surface area contributed by atoms with Crippen LogP contribution in [0.5, 0.6) is 0 Å². The van der Waals surface area contributed by atoms with Crippen LogP contribution < -0.4 is 10.2 Å². The van der Waals surface area contributed by atoms with Gasteiger partial charge in [0.05, 0.1) is 5.69 Å². The van der Waals surface area contributed by atoms with E-state index in [0.29, 0.717) is 6.04 Å². The quantitative estimate of drug-likeness (QED) is 0.934. The van der Waals surface area contributed by atoms with Crippen LogP contribution in [-0.4, -0.2) is 29.1 Å². The molecule has 1 fully saturated rings. The normalized spacial score (nSPS) is 18.4. The highest BCUT2D eigenvalue weighted by Crippen LogP contribution is 2.28. The van der Waals surface area contributed by atoms with Gasteiger partial charge in [0, 0.05) is 48.1 Å². The Morgan fingerprint density at radius 2 is 2.05 bits per heavy atom. The zero-order valence-electron chi connectivity index (χ0n) is 11.2. The fourth-order valence-corrected chi connectivity index (χ4v) is 3.07. The molecule has 104 valence electrons. The molecule has 0 radical (unpaired) electrons. The smallest absolute Gasteiger partial charge is 0.115 e. The van der Waals surface area contributed by atoms with Gasteiger partial charge in [-0.2, -0.15) is 0 Å². The Bertz CT molecular complexity index is 561. The Kier molecular flexibility index (Phi) is 4.28. The summed E-state index contributed by atoms with van der Waals surface area (Å²) in [5, 5.41) is 3.58. The molecule has 1 saturated heterocycles. The van der Waals surface area contributed by atoms with Gasteiger partial charge in [-0.05, 0) is 34.5 Å². The second-order valence-electron chi connectivity index (χ2n) is 5.01. The van der Waals surface area contributed by atoms with Gasteiger partial charge in [0.2, 0.25) is 0 Å². The van der Waals surface area contributed by atoms with Crippen molar-refractivity contribution in [3.05, 3.63) is 53.0 Å². The summed E-state index contributed by atoms with van der Waals surface area (Å²) in [6.45, 7) is 2.96. The minimum Gasteiger partial charge on any atom is -0.369 e. The molecule has 4 nitrogen and oxygen atoms in total. The van der Waals surface area contributed by atoms with E-state index in [1.54, 1.807) is 6.33 Å². The lowest BCUT2D eigenvalue weighted by molar-refractivity contribution is 0.550. The number of halogens is 1. The van der Waals surface area contributed by atoms with E-state index in [1.165, 1.54) is 5.69 Å². The molecule has 1 aromatic heterocycles. The molecule has 2 aromatic rings. The Labute approximate surface area is 127 Å². The number of nitrogens with one attached hydrogen (secondary N) is 1. The van der Waals surface area contributed by atoms with Gasteiger partial charge in [0.15, 0.2) is 0 Å². The maximum absolute atomic E-state index is 4.04. The second kappa shape index (κ2) is 6.33. The van der Waals surface area contributed by atoms with E-state index < -0.39 is 0 Å². The number of hydrogen-bond donors (Lipinski definition) is 1. The molecular formula is C15H17BrN4. The van der Waals surface area contributed by atoms with E-state index in [1.807, 2.05) is 12.4 Å². The average molecular weight is 333 g/mol. The predicted octanol–water partition coefficient (Wildman–Crippen LogP) is 2.61. The molecule has 0 amide bonds. The molecule has 2 heterocycles. The van der Waals surface area contributed by atoms with Crippen molar-refractivity contribution in [3.8, 4) is 0 Å². The number of benzene rings is 1. The van der Waals surface area contributed by atoms with Crippen LogP contribution in [-0.2, 0) is 6.54 Å². The van der Waals surface area contributed by atoms with E-state index in [9.17, 15) is 0 Å². The summed E-state index contributed by atoms with van der Waals surface area (Å²) in [6.07, 6.45) is 6.45. The van der Waals surface area contributed by atoms with Gasteiger partial charge in [0.1, 0.15) is 6.33 Å². The first-order chi connectivity index (χ1) is 9.83. The van der Waals surface area contributed by atoms with Crippen molar-refractivity contribution in [1.82, 2.24) is 15.3 Å². The molecule has 1 aliphatic heterocycles. The van der Waals surface area contributed by atoms with E-state index in [-0.39, 0.29) is 0 Å². The molecule has 0 saturated carbocycles. The Morgan fingerprint density at radius 1 is 1.25 bits per heavy atom. The molecule has 3 rings (SSSR count). The number of anilines is 1. The van der Waals surface area contributed by atoms with Gasteiger partial charge in [0.25, 0.3) is 0 Å². The van der Waals surface area contributed by atoms with Crippen LogP contribution in [0.15, 0.2) is 47.5 Å². The third-order valence-electron chi connectivity index (χ3n) is 3.59. The summed E-state index contributed by atoms with van der Waals surface area (Å²) in [5.74, 6) is 0. The van der Waals surface area contributed by atoms with Crippen molar-refractivity contribution in [1.29, 1.82) is 0 Å². The number of rotatable bonds is 4. The summed E-state index contributed by atoms with van der Waals surface area (Å²) < 4.78 is 1.16. The topological polar surface area (TPSA) is 41.0 Å². The van der Waals surface area contributed by atoms with Gasteiger partial charge >= 0.3 is 0 Å². The molecule has 20 heavy (non-hydrogen) atoms. The van der Waals surface area contributed by atoms with E-state index in [2.05, 4.69) is 60.4 Å². The van der Waals surface area contributed by atoms with Gasteiger partial charge in [-0.3, -0.25) is 0 Å². The zero-order chi connectivity index (χ0) is 13.8. The maximum atomic E-state index is 4.04. The lowest BCUT2D eigenvalue weighted by Crippen LogP contribution is -2.32. The van der Waals surface area contributed by atoms with Crippen LogP contribution in [0.2, 0.25) is 0 Å². The molecule has 0 spiro atoms. The predicted molar refractivity (Wildman–Crippen MR) is 83.6 cm³/mol. The van der Waals surface area contributed by atoms with Crippen molar-refractivity contribution < 1.29 is 0 Å². The lowest BCUT2D eigenvalue weighted by atomic mass is 10.2. The highest BCUT2D eigenvalue weighted by Gasteiger charge is 2.23. The van der Waals surface area contributed by atoms with Crippen LogP contribution in [0.1, 0.15) is 12.0 Å². The first-order valence-corrected chi connectivity index (χ1v) is 7.59. The SMILES string of the molecule is Brc1ccccc1N1CCC(NCc2cncnc2)C1. The minimum atomic E-state index is 0.516. The molecule has 1 aromatic carbocycles. The highest BCUT2D eigenvalue weighted by molar-refractivity contribution is 9.10. The number of hydrogen-bond acceptors (Lipinski definition) is 4. The van der Waals surface area contributed by atoms with Gasteiger partial charge in [-0.1, -0.05) is 12.1 Å². The largest absolute Gasteiger partial charge is 0.369 e. The molecule has 1 atom stereocenters. The van der Waals surface area contributed by atoms with Crippen molar-refractivity contribution in [3.63, 3.8) is 0 Å². The fourth-order valence-electron chi connectivity index (χ4n) is 2.54. The minimum absolute atomic E-state index is 0.516. The molecule has 1 unspecified atom stereocenters. The molecule has 1 aliphatic rings. The lowest BCUT2D eigenvalue weighted by Gasteiger charge is -2.20. The Hall–Kier alpha value is -1.46. The molecule has 0 aliphatic carbocycles. The third-order valence-corrected chi connectivity index (χ3v) is 4.26. The van der Waals surface area contributed by atoms with E-state index in [4.69, 9.17) is 0 Å². The van der Waals surface area contributed by atoms with Crippen molar-refractivity contribution >= 4 is 21.6 Å². The van der Waals surface area contributed by atoms with Crippen LogP contribution in [0.4, 0.5) is 5.69 Å². The maximum Gasteiger partial charge on any atom is 0.115 e. The first kappa shape index (κ1) is 13.5. The van der Waals surface area contributed by atoms with E-state index >= 15 is 0 Å². The second-order valence-corrected chi connectivity index (χ2v) is 5.86. The molecule has 0 bridgehead atoms. The van der Waals surface area contributed by atoms with Crippen molar-refractivity contribution in [2.24, 2.45) is 0 Å². The fraction of sp³-hybridized carbons (Fsp3) is 0.333. The number of aromatic nitrogens is 2. The van der Waals surface area contributed by atoms with Gasteiger partial charge in [-0.15, -0.1) is 0 Å². The Morgan fingerprint density at radius 3 is 2.85 bits per heavy atom. The molecule has 5 heteroatoms. The first-order valence-electron chi connectivity index (χ1n) is 6.79. The number of nitrogens with zero attached hydrogens (tertiary/aromatic N) is 3. The summed E-state index contributed by atoms with van der Waals surface area (Å²) >= 11 is 3.62. The van der Waals surface area contributed by atoms with Crippen molar-refractivity contribution in [2.45, 2.75) is 19.0 Å². The van der Waals surface area contributed by atoms with E-state index in [0.717, 1.165) is 36.1 Å². The Balaban J connectivity index is 1.56. The molecule has 1 N–H and O–H groups in total. The standard InChI is InChI=1S/C15H17BrN4/c16-14-3-1-2-4-15(14)20-6-5-13(10-20)19-9-12-7-17-11-18-8-12/h1-4,7-8,11,13,19H,5-6,9-10H2. The van der Waals surface area contributed by atoms with Gasteiger partial charge < -0.3 is 10.2 Å². The average Bonchev–Trinajstić information content (AvgIpc) is 2.95. The summed E-state index contributed by atoms with van der Waals surface area (Å²) in [7, 11) is 0. The summed E-state index contributed by atoms with van der Waals surface area (Å²) in [6, 6.07) is 8.91. The van der Waals surface area contributed by atoms with Gasteiger partial charge in [-0.25, -0.2) is 9.97 Å². The van der Waals surface area contributed by atoms with Crippen LogP contribution >= 0.6 is 15.9 Å². The third kappa shape index (κ3) is 3.16. The zero-order valence-corrected chi connectivity index (χ0v) is 12.8. The summed E-state index contributed by atoms with van der Waals surface area (Å²) in [4.78, 5) is 10.5. The number of para-hydroxylation sites is 1.